The van der Waals surface area contributed by atoms with Gasteiger partial charge in [0.15, 0.2) is 0 Å². The molecule has 100 valence electrons. The summed E-state index contributed by atoms with van der Waals surface area (Å²) in [4.78, 5) is 0. The molecule has 2 nitrogen and oxygen atoms in total. The lowest BCUT2D eigenvalue weighted by molar-refractivity contribution is 0.338. The van der Waals surface area contributed by atoms with Gasteiger partial charge in [0, 0.05) is 11.4 Å². The number of halogens is 2. The lowest BCUT2D eigenvalue weighted by atomic mass is 10.2. The van der Waals surface area contributed by atoms with Crippen LogP contribution in [-0.2, 0) is 5.33 Å². The van der Waals surface area contributed by atoms with Gasteiger partial charge in [0.05, 0.1) is 11.6 Å². The van der Waals surface area contributed by atoms with E-state index in [1.165, 1.54) is 0 Å². The maximum Gasteiger partial charge on any atom is 0.146 e. The van der Waals surface area contributed by atoms with Gasteiger partial charge >= 0.3 is 0 Å². The summed E-state index contributed by atoms with van der Waals surface area (Å²) in [6.07, 6.45) is 0. The molecule has 4 heteroatoms. The average molecular weight is 342 g/mol. The van der Waals surface area contributed by atoms with E-state index in [1.54, 1.807) is 0 Å². The van der Waals surface area contributed by atoms with Crippen molar-refractivity contribution >= 4 is 27.5 Å². The van der Waals surface area contributed by atoms with Gasteiger partial charge in [-0.2, -0.15) is 0 Å². The van der Waals surface area contributed by atoms with Crippen molar-refractivity contribution in [1.29, 1.82) is 0 Å². The third kappa shape index (κ3) is 3.88. The fourth-order valence-corrected chi connectivity index (χ4v) is 2.22. The van der Waals surface area contributed by atoms with Crippen molar-refractivity contribution in [2.24, 2.45) is 0 Å². The molecule has 0 aliphatic carbocycles. The van der Waals surface area contributed by atoms with Crippen LogP contribution >= 0.6 is 27.5 Å². The van der Waals surface area contributed by atoms with Crippen LogP contribution in [0.3, 0.4) is 0 Å². The minimum atomic E-state index is 0.596. The van der Waals surface area contributed by atoms with Crippen LogP contribution in [0.2, 0.25) is 5.02 Å². The van der Waals surface area contributed by atoms with Crippen molar-refractivity contribution in [1.82, 2.24) is 0 Å². The summed E-state index contributed by atoms with van der Waals surface area (Å²) >= 11 is 9.58. The van der Waals surface area contributed by atoms with Gasteiger partial charge in [-0.1, -0.05) is 39.7 Å². The predicted octanol–water partition coefficient (Wildman–Crippen LogP) is 5.43. The minimum Gasteiger partial charge on any atom is -0.494 e. The third-order valence-electron chi connectivity index (χ3n) is 2.49. The zero-order valence-corrected chi connectivity index (χ0v) is 12.9. The Balaban J connectivity index is 2.18. The number of hydrogen-bond donors (Lipinski definition) is 0. The van der Waals surface area contributed by atoms with E-state index in [0.29, 0.717) is 23.1 Å². The molecular weight excluding hydrogens is 328 g/mol. The van der Waals surface area contributed by atoms with Crippen molar-refractivity contribution in [3.8, 4) is 17.2 Å². The lowest BCUT2D eigenvalue weighted by Crippen LogP contribution is -1.92. The Kier molecular flexibility index (Phi) is 5.11. The molecule has 0 amide bonds. The summed E-state index contributed by atoms with van der Waals surface area (Å²) in [5.41, 5.74) is 1.11. The summed E-state index contributed by atoms with van der Waals surface area (Å²) in [6.45, 7) is 2.58. The van der Waals surface area contributed by atoms with Gasteiger partial charge in [-0.05, 0) is 36.8 Å². The first-order chi connectivity index (χ1) is 9.22. The summed E-state index contributed by atoms with van der Waals surface area (Å²) in [6, 6.07) is 13.2. The predicted molar refractivity (Wildman–Crippen MR) is 81.8 cm³/mol. The molecule has 0 aliphatic heterocycles. The highest BCUT2D eigenvalue weighted by Gasteiger charge is 2.05. The Morgan fingerprint density at radius 3 is 2.58 bits per heavy atom. The number of benzene rings is 2. The van der Waals surface area contributed by atoms with Crippen molar-refractivity contribution < 1.29 is 9.47 Å². The highest BCUT2D eigenvalue weighted by Crippen LogP contribution is 2.32. The van der Waals surface area contributed by atoms with E-state index in [0.717, 1.165) is 16.6 Å². The van der Waals surface area contributed by atoms with Crippen LogP contribution in [0.15, 0.2) is 42.5 Å². The molecule has 0 N–H and O–H groups in total. The highest BCUT2D eigenvalue weighted by molar-refractivity contribution is 9.08. The smallest absolute Gasteiger partial charge is 0.146 e. The van der Waals surface area contributed by atoms with Gasteiger partial charge in [-0.25, -0.2) is 0 Å². The monoisotopic (exact) mass is 340 g/mol. The molecule has 0 spiro atoms. The Morgan fingerprint density at radius 2 is 1.89 bits per heavy atom. The quantitative estimate of drug-likeness (QED) is 0.675. The Labute approximate surface area is 126 Å². The van der Waals surface area contributed by atoms with Crippen LogP contribution < -0.4 is 9.47 Å². The third-order valence-corrected chi connectivity index (χ3v) is 3.44. The van der Waals surface area contributed by atoms with Crippen LogP contribution in [-0.4, -0.2) is 6.61 Å². The molecule has 0 saturated heterocycles. The van der Waals surface area contributed by atoms with Crippen molar-refractivity contribution in [2.75, 3.05) is 6.61 Å². The minimum absolute atomic E-state index is 0.596. The molecule has 0 saturated carbocycles. The van der Waals surface area contributed by atoms with E-state index in [-0.39, 0.29) is 0 Å². The van der Waals surface area contributed by atoms with E-state index < -0.39 is 0 Å². The van der Waals surface area contributed by atoms with Crippen LogP contribution in [0.1, 0.15) is 12.5 Å². The maximum absolute atomic E-state index is 6.18. The molecule has 2 aromatic carbocycles. The Morgan fingerprint density at radius 1 is 1.11 bits per heavy atom. The first-order valence-corrected chi connectivity index (χ1v) is 7.48. The maximum atomic E-state index is 6.18. The molecule has 2 aromatic rings. The van der Waals surface area contributed by atoms with Crippen molar-refractivity contribution in [3.63, 3.8) is 0 Å². The largest absolute Gasteiger partial charge is 0.494 e. The summed E-state index contributed by atoms with van der Waals surface area (Å²) in [5.74, 6) is 2.13. The second-order valence-corrected chi connectivity index (χ2v) is 4.88. The lowest BCUT2D eigenvalue weighted by Gasteiger charge is -2.10. The standard InChI is InChI=1S/C15H14BrClO2/c1-2-18-12-4-3-5-13(9-12)19-15-7-6-11(10-16)8-14(15)17/h3-9H,2,10H2,1H3. The number of hydrogen-bond acceptors (Lipinski definition) is 2. The van der Waals surface area contributed by atoms with Crippen LogP contribution in [0.5, 0.6) is 17.2 Å². The molecule has 0 bridgehead atoms. The molecule has 0 aliphatic rings. The topological polar surface area (TPSA) is 18.5 Å². The summed E-state index contributed by atoms with van der Waals surface area (Å²) < 4.78 is 11.2. The van der Waals surface area contributed by atoms with Gasteiger partial charge in [0.1, 0.15) is 17.2 Å². The fraction of sp³-hybridized carbons (Fsp3) is 0.200. The summed E-state index contributed by atoms with van der Waals surface area (Å²) in [5, 5.41) is 1.37. The average Bonchev–Trinajstić information content (AvgIpc) is 2.42. The highest BCUT2D eigenvalue weighted by atomic mass is 79.9. The van der Waals surface area contributed by atoms with Gasteiger partial charge < -0.3 is 9.47 Å². The number of ether oxygens (including phenoxy) is 2. The molecule has 0 heterocycles. The molecular formula is C15H14BrClO2. The molecule has 0 unspecified atom stereocenters. The van der Waals surface area contributed by atoms with Crippen LogP contribution in [0.25, 0.3) is 0 Å². The van der Waals surface area contributed by atoms with E-state index in [9.17, 15) is 0 Å². The van der Waals surface area contributed by atoms with E-state index >= 15 is 0 Å². The van der Waals surface area contributed by atoms with Gasteiger partial charge in [0.2, 0.25) is 0 Å². The van der Waals surface area contributed by atoms with E-state index in [2.05, 4.69) is 15.9 Å². The van der Waals surface area contributed by atoms with Crippen molar-refractivity contribution in [3.05, 3.63) is 53.1 Å². The van der Waals surface area contributed by atoms with Crippen LogP contribution in [0.4, 0.5) is 0 Å². The SMILES string of the molecule is CCOc1cccc(Oc2ccc(CBr)cc2Cl)c1. The van der Waals surface area contributed by atoms with Gasteiger partial charge in [-0.15, -0.1) is 0 Å². The number of alkyl halides is 1. The van der Waals surface area contributed by atoms with Crippen molar-refractivity contribution in [2.45, 2.75) is 12.3 Å². The van der Waals surface area contributed by atoms with E-state index in [4.69, 9.17) is 21.1 Å². The molecule has 0 radical (unpaired) electrons. The first-order valence-electron chi connectivity index (χ1n) is 5.98. The molecule has 0 fully saturated rings. The van der Waals surface area contributed by atoms with E-state index in [1.807, 2.05) is 49.4 Å². The molecule has 2 rings (SSSR count). The van der Waals surface area contributed by atoms with Gasteiger partial charge in [-0.3, -0.25) is 0 Å². The first kappa shape index (κ1) is 14.2. The second kappa shape index (κ2) is 6.83. The van der Waals surface area contributed by atoms with Crippen LogP contribution in [0, 0.1) is 0 Å². The second-order valence-electron chi connectivity index (χ2n) is 3.91. The molecule has 0 atom stereocenters. The normalized spacial score (nSPS) is 10.3. The fourth-order valence-electron chi connectivity index (χ4n) is 1.63. The molecule has 19 heavy (non-hydrogen) atoms. The Hall–Kier alpha value is -1.19. The zero-order chi connectivity index (χ0) is 13.7. The zero-order valence-electron chi connectivity index (χ0n) is 10.5. The molecule has 0 aromatic heterocycles. The Bertz CT molecular complexity index is 558. The summed E-state index contributed by atoms with van der Waals surface area (Å²) in [7, 11) is 0. The number of rotatable bonds is 5. The van der Waals surface area contributed by atoms with Gasteiger partial charge in [0.25, 0.3) is 0 Å².